The van der Waals surface area contributed by atoms with E-state index in [1.165, 1.54) is 0 Å². The maximum absolute atomic E-state index is 8.68. The number of hydrogen-bond donors (Lipinski definition) is 0. The Hall–Kier alpha value is -0.950. The molecule has 0 N–H and O–H groups in total. The molecule has 0 aromatic heterocycles. The molecule has 6 heteroatoms. The first kappa shape index (κ1) is 16.1. The van der Waals surface area contributed by atoms with Crippen molar-refractivity contribution in [3.8, 4) is 6.19 Å². The Morgan fingerprint density at radius 2 is 2.00 bits per heavy atom. The van der Waals surface area contributed by atoms with Crippen molar-refractivity contribution in [1.82, 2.24) is 4.90 Å². The summed E-state index contributed by atoms with van der Waals surface area (Å²) in [6, 6.07) is 3.48. The van der Waals surface area contributed by atoms with Gasteiger partial charge in [0.05, 0.1) is 21.1 Å². The van der Waals surface area contributed by atoms with Crippen molar-refractivity contribution in [2.24, 2.45) is 4.99 Å². The van der Waals surface area contributed by atoms with Gasteiger partial charge in [-0.15, -0.1) is 0 Å². The Kier molecular flexibility index (Phi) is 5.93. The molecular weight excluding hydrogens is 305 g/mol. The summed E-state index contributed by atoms with van der Waals surface area (Å²) in [7, 11) is 1.86. The number of hydrogen-bond acceptors (Lipinski definition) is 2. The van der Waals surface area contributed by atoms with E-state index in [1.54, 1.807) is 6.07 Å². The number of halogens is 3. The Bertz CT molecular complexity index is 535. The third-order valence-corrected chi connectivity index (χ3v) is 4.31. The summed E-state index contributed by atoms with van der Waals surface area (Å²) in [6.07, 6.45) is 2.47. The van der Waals surface area contributed by atoms with E-state index in [1.807, 2.05) is 38.1 Å². The average molecular weight is 319 g/mol. The van der Waals surface area contributed by atoms with Crippen LogP contribution in [0, 0.1) is 11.5 Å². The largest absolute Gasteiger partial charge is 0.356 e. The lowest BCUT2D eigenvalue weighted by molar-refractivity contribution is 0.396. The molecule has 1 rings (SSSR count). The van der Waals surface area contributed by atoms with Gasteiger partial charge in [0.25, 0.3) is 0 Å². The van der Waals surface area contributed by atoms with Crippen LogP contribution < -0.4 is 0 Å². The minimum absolute atomic E-state index is 0.0608. The Morgan fingerprint density at radius 3 is 2.53 bits per heavy atom. The molecule has 0 saturated heterocycles. The second-order valence-corrected chi connectivity index (χ2v) is 5.20. The van der Waals surface area contributed by atoms with Crippen molar-refractivity contribution in [1.29, 1.82) is 5.26 Å². The van der Waals surface area contributed by atoms with E-state index < -0.39 is 0 Å². The van der Waals surface area contributed by atoms with Crippen LogP contribution in [-0.4, -0.2) is 17.8 Å². The maximum Gasteiger partial charge on any atom is 0.207 e. The molecule has 0 spiro atoms. The monoisotopic (exact) mass is 317 g/mol. The van der Waals surface area contributed by atoms with Crippen LogP contribution >= 0.6 is 34.8 Å². The van der Waals surface area contributed by atoms with E-state index >= 15 is 0 Å². The number of nitriles is 1. The number of rotatable bonds is 3. The number of benzene rings is 1. The highest BCUT2D eigenvalue weighted by Gasteiger charge is 2.19. The molecule has 0 fully saturated rings. The van der Waals surface area contributed by atoms with Gasteiger partial charge in [-0.25, -0.2) is 0 Å². The first-order chi connectivity index (χ1) is 8.93. The molecule has 102 valence electrons. The lowest BCUT2D eigenvalue weighted by Crippen LogP contribution is -2.29. The van der Waals surface area contributed by atoms with Crippen LogP contribution in [0.3, 0.4) is 0 Å². The van der Waals surface area contributed by atoms with Gasteiger partial charge in [-0.05, 0) is 18.6 Å². The zero-order chi connectivity index (χ0) is 14.6. The fraction of sp³-hybridized carbons (Fsp3) is 0.385. The van der Waals surface area contributed by atoms with Crippen molar-refractivity contribution in [2.75, 3.05) is 7.05 Å². The van der Waals surface area contributed by atoms with E-state index in [0.717, 1.165) is 5.56 Å². The SMILES string of the molecule is CC/C(=N\C#N)N(C)C(C)c1ccc(Cl)c(Cl)c1Cl. The van der Waals surface area contributed by atoms with Crippen LogP contribution in [-0.2, 0) is 0 Å². The molecule has 19 heavy (non-hydrogen) atoms. The Labute approximate surface area is 128 Å². The molecule has 1 aromatic carbocycles. The molecule has 1 unspecified atom stereocenters. The van der Waals surface area contributed by atoms with Crippen LogP contribution in [0.5, 0.6) is 0 Å². The van der Waals surface area contributed by atoms with Crippen molar-refractivity contribution in [3.63, 3.8) is 0 Å². The molecule has 1 aromatic rings. The maximum atomic E-state index is 8.68. The summed E-state index contributed by atoms with van der Waals surface area (Å²) in [5.41, 5.74) is 0.845. The normalized spacial score (nSPS) is 13.0. The second-order valence-electron chi connectivity index (χ2n) is 4.03. The van der Waals surface area contributed by atoms with Gasteiger partial charge in [0.15, 0.2) is 0 Å². The zero-order valence-corrected chi connectivity index (χ0v) is 13.2. The minimum atomic E-state index is -0.0608. The average Bonchev–Trinajstić information content (AvgIpc) is 2.41. The van der Waals surface area contributed by atoms with Crippen molar-refractivity contribution < 1.29 is 0 Å². The van der Waals surface area contributed by atoms with Gasteiger partial charge in [-0.1, -0.05) is 47.8 Å². The standard InChI is InChI=1S/C13H14Cl3N3/c1-4-11(18-7-17)19(3)8(2)9-5-6-10(14)13(16)12(9)15/h5-6,8H,4H2,1-3H3/b18-11+. The molecule has 1 atom stereocenters. The van der Waals surface area contributed by atoms with Gasteiger partial charge in [0.1, 0.15) is 5.84 Å². The van der Waals surface area contributed by atoms with E-state index in [9.17, 15) is 0 Å². The first-order valence-electron chi connectivity index (χ1n) is 5.75. The van der Waals surface area contributed by atoms with Gasteiger partial charge in [0.2, 0.25) is 6.19 Å². The zero-order valence-electron chi connectivity index (χ0n) is 10.9. The predicted octanol–water partition coefficient (Wildman–Crippen LogP) is 4.93. The van der Waals surface area contributed by atoms with E-state index in [-0.39, 0.29) is 6.04 Å². The van der Waals surface area contributed by atoms with Crippen LogP contribution in [0.4, 0.5) is 0 Å². The molecule has 0 bridgehead atoms. The van der Waals surface area contributed by atoms with E-state index in [0.29, 0.717) is 27.3 Å². The lowest BCUT2D eigenvalue weighted by Gasteiger charge is -2.28. The Balaban J connectivity index is 3.14. The summed E-state index contributed by atoms with van der Waals surface area (Å²) < 4.78 is 0. The molecule has 0 amide bonds. The highest BCUT2D eigenvalue weighted by Crippen LogP contribution is 2.36. The lowest BCUT2D eigenvalue weighted by atomic mass is 10.1. The smallest absolute Gasteiger partial charge is 0.207 e. The summed E-state index contributed by atoms with van der Waals surface area (Å²) in [6.45, 7) is 3.91. The predicted molar refractivity (Wildman–Crippen MR) is 81.0 cm³/mol. The highest BCUT2D eigenvalue weighted by molar-refractivity contribution is 6.48. The number of nitrogens with zero attached hydrogens (tertiary/aromatic N) is 3. The molecule has 0 aliphatic heterocycles. The second kappa shape index (κ2) is 7.00. The van der Waals surface area contributed by atoms with Crippen LogP contribution in [0.15, 0.2) is 17.1 Å². The quantitative estimate of drug-likeness (QED) is 0.343. The van der Waals surface area contributed by atoms with Crippen molar-refractivity contribution in [3.05, 3.63) is 32.8 Å². The summed E-state index contributed by atoms with van der Waals surface area (Å²) >= 11 is 18.2. The van der Waals surface area contributed by atoms with Gasteiger partial charge in [-0.2, -0.15) is 10.3 Å². The fourth-order valence-electron chi connectivity index (χ4n) is 1.76. The summed E-state index contributed by atoms with van der Waals surface area (Å²) in [4.78, 5) is 5.70. The first-order valence-corrected chi connectivity index (χ1v) is 6.89. The van der Waals surface area contributed by atoms with E-state index in [2.05, 4.69) is 4.99 Å². The third kappa shape index (κ3) is 3.54. The minimum Gasteiger partial charge on any atom is -0.356 e. The van der Waals surface area contributed by atoms with Crippen LogP contribution in [0.2, 0.25) is 15.1 Å². The number of aliphatic imine (C=N–C) groups is 1. The summed E-state index contributed by atoms with van der Waals surface area (Å²) in [5.74, 6) is 0.692. The molecule has 0 heterocycles. The third-order valence-electron chi connectivity index (χ3n) is 3.00. The van der Waals surface area contributed by atoms with Gasteiger partial charge in [0, 0.05) is 13.5 Å². The molecule has 0 aliphatic carbocycles. The van der Waals surface area contributed by atoms with E-state index in [4.69, 9.17) is 40.1 Å². The topological polar surface area (TPSA) is 39.4 Å². The van der Waals surface area contributed by atoms with Crippen LogP contribution in [0.25, 0.3) is 0 Å². The van der Waals surface area contributed by atoms with Crippen molar-refractivity contribution in [2.45, 2.75) is 26.3 Å². The van der Waals surface area contributed by atoms with Gasteiger partial charge < -0.3 is 4.90 Å². The van der Waals surface area contributed by atoms with Gasteiger partial charge >= 0.3 is 0 Å². The molecule has 0 saturated carbocycles. The van der Waals surface area contributed by atoms with Crippen molar-refractivity contribution >= 4 is 40.6 Å². The molecule has 3 nitrogen and oxygen atoms in total. The summed E-state index contributed by atoms with van der Waals surface area (Å²) in [5, 5.41) is 9.87. The molecular formula is C13H14Cl3N3. The number of amidine groups is 1. The van der Waals surface area contributed by atoms with Crippen LogP contribution in [0.1, 0.15) is 31.9 Å². The fourth-order valence-corrected chi connectivity index (χ4v) is 2.46. The Morgan fingerprint density at radius 1 is 1.37 bits per heavy atom. The highest BCUT2D eigenvalue weighted by atomic mass is 35.5. The molecule has 0 radical (unpaired) electrons. The van der Waals surface area contributed by atoms with Gasteiger partial charge in [-0.3, -0.25) is 0 Å². The molecule has 0 aliphatic rings.